The van der Waals surface area contributed by atoms with Crippen molar-refractivity contribution in [3.63, 3.8) is 0 Å². The van der Waals surface area contributed by atoms with Gasteiger partial charge in [0.25, 0.3) is 5.91 Å². The molecule has 0 aliphatic carbocycles. The van der Waals surface area contributed by atoms with Gasteiger partial charge in [0, 0.05) is 11.9 Å². The molecule has 80 valence electrons. The largest absolute Gasteiger partial charge is 0.345 e. The number of carbonyl (C=O) groups excluding carboxylic acids is 2. The van der Waals surface area contributed by atoms with E-state index in [1.165, 1.54) is 6.20 Å². The average Bonchev–Trinajstić information content (AvgIpc) is 2.26. The Hall–Kier alpha value is -1.42. The van der Waals surface area contributed by atoms with Crippen molar-refractivity contribution in [2.24, 2.45) is 0 Å². The summed E-state index contributed by atoms with van der Waals surface area (Å²) in [5.41, 5.74) is 1.27. The summed E-state index contributed by atoms with van der Waals surface area (Å²) in [6.45, 7) is 1.79. The van der Waals surface area contributed by atoms with Crippen molar-refractivity contribution in [3.05, 3.63) is 29.6 Å². The van der Waals surface area contributed by atoms with E-state index in [4.69, 9.17) is 11.6 Å². The van der Waals surface area contributed by atoms with Crippen molar-refractivity contribution >= 4 is 23.3 Å². The summed E-state index contributed by atoms with van der Waals surface area (Å²) < 4.78 is 0. The molecule has 1 aromatic rings. The third kappa shape index (κ3) is 3.67. The summed E-state index contributed by atoms with van der Waals surface area (Å²) >= 11 is 5.29. The quantitative estimate of drug-likeness (QED) is 0.777. The van der Waals surface area contributed by atoms with Gasteiger partial charge in [-0.3, -0.25) is 14.6 Å². The van der Waals surface area contributed by atoms with Crippen LogP contribution in [0.25, 0.3) is 0 Å². The fourth-order valence-corrected chi connectivity index (χ4v) is 1.02. The van der Waals surface area contributed by atoms with Crippen LogP contribution in [0.15, 0.2) is 18.3 Å². The number of amides is 1. The van der Waals surface area contributed by atoms with Gasteiger partial charge in [-0.1, -0.05) is 0 Å². The Kier molecular flexibility index (Phi) is 4.24. The van der Waals surface area contributed by atoms with Gasteiger partial charge in [-0.15, -0.1) is 11.6 Å². The highest BCUT2D eigenvalue weighted by Crippen LogP contribution is 1.98. The van der Waals surface area contributed by atoms with Crippen molar-refractivity contribution < 1.29 is 9.59 Å². The first-order valence-corrected chi connectivity index (χ1v) is 4.95. The minimum Gasteiger partial charge on any atom is -0.345 e. The number of carbonyl (C=O) groups is 2. The van der Waals surface area contributed by atoms with Crippen LogP contribution in [0.3, 0.4) is 0 Å². The smallest absolute Gasteiger partial charge is 0.253 e. The maximum Gasteiger partial charge on any atom is 0.253 e. The number of rotatable bonds is 4. The van der Waals surface area contributed by atoms with Crippen molar-refractivity contribution in [2.45, 2.75) is 6.92 Å². The first kappa shape index (κ1) is 11.7. The van der Waals surface area contributed by atoms with Crippen LogP contribution >= 0.6 is 11.6 Å². The molecule has 0 saturated carbocycles. The number of ketones is 1. The molecule has 1 rings (SSSR count). The fraction of sp³-hybridized carbons (Fsp3) is 0.300. The zero-order valence-electron chi connectivity index (χ0n) is 8.29. The van der Waals surface area contributed by atoms with Gasteiger partial charge in [-0.25, -0.2) is 0 Å². The molecule has 15 heavy (non-hydrogen) atoms. The van der Waals surface area contributed by atoms with E-state index in [1.54, 1.807) is 12.1 Å². The standard InChI is InChI=1S/C10H11ClN2O2/c1-7-2-3-8(5-12-7)10(15)13-6-9(14)4-11/h2-3,5H,4,6H2,1H3,(H,13,15). The molecule has 0 aromatic carbocycles. The van der Waals surface area contributed by atoms with Crippen LogP contribution in [-0.2, 0) is 4.79 Å². The van der Waals surface area contributed by atoms with Crippen LogP contribution in [0.1, 0.15) is 16.1 Å². The molecule has 1 aromatic heterocycles. The zero-order chi connectivity index (χ0) is 11.3. The Morgan fingerprint density at radius 1 is 1.47 bits per heavy atom. The van der Waals surface area contributed by atoms with E-state index in [1.807, 2.05) is 6.92 Å². The number of pyridine rings is 1. The van der Waals surface area contributed by atoms with E-state index in [9.17, 15) is 9.59 Å². The second kappa shape index (κ2) is 5.46. The molecule has 0 atom stereocenters. The lowest BCUT2D eigenvalue weighted by atomic mass is 10.2. The lowest BCUT2D eigenvalue weighted by Crippen LogP contribution is -2.30. The van der Waals surface area contributed by atoms with Gasteiger partial charge < -0.3 is 5.32 Å². The minimum atomic E-state index is -0.319. The molecule has 1 heterocycles. The highest BCUT2D eigenvalue weighted by atomic mass is 35.5. The molecule has 1 N–H and O–H groups in total. The van der Waals surface area contributed by atoms with Gasteiger partial charge in [-0.2, -0.15) is 0 Å². The predicted octanol–water partition coefficient (Wildman–Crippen LogP) is 0.928. The number of hydrogen-bond acceptors (Lipinski definition) is 3. The molecule has 4 nitrogen and oxygen atoms in total. The summed E-state index contributed by atoms with van der Waals surface area (Å²) in [5, 5.41) is 2.46. The number of Topliss-reactive ketones (excluding diaryl/α,β-unsaturated/α-hetero) is 1. The van der Waals surface area contributed by atoms with Crippen molar-refractivity contribution in [3.8, 4) is 0 Å². The molecule has 0 aliphatic rings. The molecular formula is C10H11ClN2O2. The highest BCUT2D eigenvalue weighted by molar-refractivity contribution is 6.28. The third-order valence-corrected chi connectivity index (χ3v) is 2.07. The van der Waals surface area contributed by atoms with Crippen molar-refractivity contribution in [2.75, 3.05) is 12.4 Å². The summed E-state index contributed by atoms with van der Waals surface area (Å²) in [6.07, 6.45) is 1.47. The minimum absolute atomic E-state index is 0.0454. The number of hydrogen-bond donors (Lipinski definition) is 1. The van der Waals surface area contributed by atoms with Gasteiger partial charge in [0.1, 0.15) is 0 Å². The predicted molar refractivity (Wildman–Crippen MR) is 57.0 cm³/mol. The van der Waals surface area contributed by atoms with Gasteiger partial charge in [0.2, 0.25) is 0 Å². The monoisotopic (exact) mass is 226 g/mol. The Bertz CT molecular complexity index is 362. The number of aromatic nitrogens is 1. The Morgan fingerprint density at radius 3 is 2.73 bits per heavy atom. The van der Waals surface area contributed by atoms with Gasteiger partial charge in [0.05, 0.1) is 18.0 Å². The van der Waals surface area contributed by atoms with E-state index >= 15 is 0 Å². The number of nitrogens with one attached hydrogen (secondary N) is 1. The number of nitrogens with zero attached hydrogens (tertiary/aromatic N) is 1. The molecule has 0 saturated heterocycles. The van der Waals surface area contributed by atoms with Crippen LogP contribution in [0, 0.1) is 6.92 Å². The lowest BCUT2D eigenvalue weighted by Gasteiger charge is -2.02. The first-order chi connectivity index (χ1) is 7.13. The normalized spacial score (nSPS) is 9.73. The van der Waals surface area contributed by atoms with Crippen LogP contribution in [-0.4, -0.2) is 29.1 Å². The first-order valence-electron chi connectivity index (χ1n) is 4.42. The summed E-state index contributed by atoms with van der Waals surface area (Å²) in [7, 11) is 0. The third-order valence-electron chi connectivity index (χ3n) is 1.77. The average molecular weight is 227 g/mol. The molecule has 0 bridgehead atoms. The second-order valence-electron chi connectivity index (χ2n) is 3.04. The fourth-order valence-electron chi connectivity index (χ4n) is 0.930. The van der Waals surface area contributed by atoms with Gasteiger partial charge >= 0.3 is 0 Å². The molecule has 0 spiro atoms. The Labute approximate surface area is 92.7 Å². The Morgan fingerprint density at radius 2 is 2.20 bits per heavy atom. The molecule has 0 radical (unpaired) electrons. The summed E-state index contributed by atoms with van der Waals surface area (Å²) in [5.74, 6) is -0.627. The number of alkyl halides is 1. The molecule has 0 fully saturated rings. The second-order valence-corrected chi connectivity index (χ2v) is 3.31. The SMILES string of the molecule is Cc1ccc(C(=O)NCC(=O)CCl)cn1. The summed E-state index contributed by atoms with van der Waals surface area (Å²) in [4.78, 5) is 26.2. The molecule has 0 unspecified atom stereocenters. The molecule has 1 amide bonds. The molecular weight excluding hydrogens is 216 g/mol. The van der Waals surface area contributed by atoms with E-state index in [-0.39, 0.29) is 24.1 Å². The Balaban J connectivity index is 2.54. The van der Waals surface area contributed by atoms with Crippen LogP contribution in [0.4, 0.5) is 0 Å². The maximum absolute atomic E-state index is 11.4. The van der Waals surface area contributed by atoms with Crippen LogP contribution in [0.2, 0.25) is 0 Å². The molecule has 0 aliphatic heterocycles. The van der Waals surface area contributed by atoms with E-state index in [2.05, 4.69) is 10.3 Å². The topological polar surface area (TPSA) is 59.1 Å². The number of halogens is 1. The maximum atomic E-state index is 11.4. The van der Waals surface area contributed by atoms with Gasteiger partial charge in [-0.05, 0) is 19.1 Å². The van der Waals surface area contributed by atoms with E-state index < -0.39 is 0 Å². The van der Waals surface area contributed by atoms with Crippen molar-refractivity contribution in [1.82, 2.24) is 10.3 Å². The lowest BCUT2D eigenvalue weighted by molar-refractivity contribution is -0.115. The van der Waals surface area contributed by atoms with E-state index in [0.29, 0.717) is 5.56 Å². The van der Waals surface area contributed by atoms with Crippen molar-refractivity contribution in [1.29, 1.82) is 0 Å². The summed E-state index contributed by atoms with van der Waals surface area (Å²) in [6, 6.07) is 3.39. The van der Waals surface area contributed by atoms with E-state index in [0.717, 1.165) is 5.69 Å². The molecule has 5 heteroatoms. The van der Waals surface area contributed by atoms with Crippen LogP contribution < -0.4 is 5.32 Å². The van der Waals surface area contributed by atoms with Crippen LogP contribution in [0.5, 0.6) is 0 Å². The highest BCUT2D eigenvalue weighted by Gasteiger charge is 2.07. The van der Waals surface area contributed by atoms with Gasteiger partial charge in [0.15, 0.2) is 5.78 Å². The zero-order valence-corrected chi connectivity index (χ0v) is 9.04. The number of aryl methyl sites for hydroxylation is 1.